The van der Waals surface area contributed by atoms with Crippen LogP contribution in [0.1, 0.15) is 34.1 Å². The van der Waals surface area contributed by atoms with Gasteiger partial charge in [-0.25, -0.2) is 4.79 Å². The number of carboxylic acid groups (broad SMARTS) is 1. The maximum atomic E-state index is 13.2. The SMILES string of the molecule is CCC1CN(C(=O)c2ccccc2)CCN1C(=O)C(=O)c1c[nH]c2c(NC(=O)C(=O)O)cccc12. The van der Waals surface area contributed by atoms with Gasteiger partial charge in [0, 0.05) is 42.8 Å². The minimum Gasteiger partial charge on any atom is -0.474 e. The van der Waals surface area contributed by atoms with E-state index >= 15 is 0 Å². The zero-order chi connectivity index (χ0) is 25.1. The second kappa shape index (κ2) is 9.80. The largest absolute Gasteiger partial charge is 0.474 e. The summed E-state index contributed by atoms with van der Waals surface area (Å²) in [7, 11) is 0. The molecule has 3 amide bonds. The van der Waals surface area contributed by atoms with Crippen molar-refractivity contribution < 1.29 is 29.1 Å². The molecule has 1 atom stereocenters. The van der Waals surface area contributed by atoms with Gasteiger partial charge in [0.05, 0.1) is 16.8 Å². The lowest BCUT2D eigenvalue weighted by atomic mass is 10.0. The summed E-state index contributed by atoms with van der Waals surface area (Å²) in [6.07, 6.45) is 1.94. The van der Waals surface area contributed by atoms with Crippen LogP contribution in [0.5, 0.6) is 0 Å². The van der Waals surface area contributed by atoms with Gasteiger partial charge in [-0.15, -0.1) is 0 Å². The van der Waals surface area contributed by atoms with Crippen molar-refractivity contribution in [1.82, 2.24) is 14.8 Å². The third-order valence-electron chi connectivity index (χ3n) is 6.12. The molecule has 35 heavy (non-hydrogen) atoms. The fourth-order valence-electron chi connectivity index (χ4n) is 4.29. The summed E-state index contributed by atoms with van der Waals surface area (Å²) < 4.78 is 0. The fraction of sp³-hybridized carbons (Fsp3) is 0.240. The van der Waals surface area contributed by atoms with Crippen LogP contribution in [0, 0.1) is 0 Å². The van der Waals surface area contributed by atoms with E-state index in [1.54, 1.807) is 41.3 Å². The van der Waals surface area contributed by atoms with Crippen molar-refractivity contribution in [3.05, 3.63) is 65.9 Å². The molecule has 1 aromatic heterocycles. The molecule has 3 aromatic rings. The number of rotatable bonds is 5. The first kappa shape index (κ1) is 23.7. The Morgan fingerprint density at radius 1 is 1.03 bits per heavy atom. The molecule has 1 unspecified atom stereocenters. The molecule has 2 aromatic carbocycles. The van der Waals surface area contributed by atoms with Crippen molar-refractivity contribution in [2.75, 3.05) is 25.0 Å². The van der Waals surface area contributed by atoms with Crippen LogP contribution in [-0.2, 0) is 14.4 Å². The first-order valence-corrected chi connectivity index (χ1v) is 11.2. The summed E-state index contributed by atoms with van der Waals surface area (Å²) in [5.41, 5.74) is 1.21. The third-order valence-corrected chi connectivity index (χ3v) is 6.12. The zero-order valence-corrected chi connectivity index (χ0v) is 19.0. The standard InChI is InChI=1S/C25H24N4O6/c1-2-16-14-28(23(32)15-7-4-3-5-8-15)11-12-29(16)24(33)21(30)18-13-26-20-17(18)9-6-10-19(20)27-22(31)25(34)35/h3-10,13,16,26H,2,11-12,14H2,1H3,(H,27,31)(H,34,35). The third kappa shape index (κ3) is 4.63. The van der Waals surface area contributed by atoms with Crippen LogP contribution in [0.3, 0.4) is 0 Å². The van der Waals surface area contributed by atoms with Crippen molar-refractivity contribution in [2.45, 2.75) is 19.4 Å². The number of carboxylic acids is 1. The van der Waals surface area contributed by atoms with Crippen LogP contribution >= 0.6 is 0 Å². The second-order valence-corrected chi connectivity index (χ2v) is 8.20. The summed E-state index contributed by atoms with van der Waals surface area (Å²) in [6.45, 7) is 2.75. The van der Waals surface area contributed by atoms with Crippen LogP contribution in [0.25, 0.3) is 10.9 Å². The van der Waals surface area contributed by atoms with Gasteiger partial charge < -0.3 is 25.2 Å². The monoisotopic (exact) mass is 476 g/mol. The van der Waals surface area contributed by atoms with Crippen LogP contribution in [0.15, 0.2) is 54.7 Å². The molecule has 180 valence electrons. The molecule has 0 saturated carbocycles. The van der Waals surface area contributed by atoms with Crippen molar-refractivity contribution in [2.24, 2.45) is 0 Å². The van der Waals surface area contributed by atoms with Gasteiger partial charge in [0.1, 0.15) is 0 Å². The molecule has 2 heterocycles. The average Bonchev–Trinajstić information content (AvgIpc) is 3.32. The minimum absolute atomic E-state index is 0.116. The first-order valence-electron chi connectivity index (χ1n) is 11.2. The number of carbonyl (C=O) groups excluding carboxylic acids is 4. The van der Waals surface area contributed by atoms with Crippen LogP contribution in [0.2, 0.25) is 0 Å². The first-order chi connectivity index (χ1) is 16.8. The number of fused-ring (bicyclic) bond motifs is 1. The molecule has 0 spiro atoms. The van der Waals surface area contributed by atoms with Crippen molar-refractivity contribution in [3.63, 3.8) is 0 Å². The van der Waals surface area contributed by atoms with Crippen LogP contribution < -0.4 is 5.32 Å². The van der Waals surface area contributed by atoms with Gasteiger partial charge in [-0.1, -0.05) is 37.3 Å². The number of amides is 3. The number of aromatic nitrogens is 1. The zero-order valence-electron chi connectivity index (χ0n) is 19.0. The number of para-hydroxylation sites is 1. The Morgan fingerprint density at radius 3 is 2.46 bits per heavy atom. The summed E-state index contributed by atoms with van der Waals surface area (Å²) >= 11 is 0. The highest BCUT2D eigenvalue weighted by atomic mass is 16.4. The number of nitrogens with zero attached hydrogens (tertiary/aromatic N) is 2. The normalized spacial score (nSPS) is 15.6. The predicted octanol–water partition coefficient (Wildman–Crippen LogP) is 2.14. The Morgan fingerprint density at radius 2 is 1.77 bits per heavy atom. The summed E-state index contributed by atoms with van der Waals surface area (Å²) in [6, 6.07) is 13.2. The second-order valence-electron chi connectivity index (χ2n) is 8.20. The number of nitrogens with one attached hydrogen (secondary N) is 2. The summed E-state index contributed by atoms with van der Waals surface area (Å²) in [5, 5.41) is 11.5. The Bertz CT molecular complexity index is 1320. The van der Waals surface area contributed by atoms with E-state index in [0.29, 0.717) is 36.0 Å². The number of carbonyl (C=O) groups is 5. The molecule has 3 N–H and O–H groups in total. The molecule has 1 aliphatic heterocycles. The van der Waals surface area contributed by atoms with Gasteiger partial charge >= 0.3 is 11.9 Å². The molecule has 10 heteroatoms. The highest BCUT2D eigenvalue weighted by molar-refractivity contribution is 6.45. The van der Waals surface area contributed by atoms with Crippen molar-refractivity contribution in [1.29, 1.82) is 0 Å². The predicted molar refractivity (Wildman–Crippen MR) is 127 cm³/mol. The molecule has 4 rings (SSSR count). The molecule has 0 bridgehead atoms. The van der Waals surface area contributed by atoms with E-state index in [-0.39, 0.29) is 29.7 Å². The summed E-state index contributed by atoms with van der Waals surface area (Å²) in [4.78, 5) is 67.7. The average molecular weight is 476 g/mol. The molecule has 1 aliphatic rings. The molecule has 1 fully saturated rings. The van der Waals surface area contributed by atoms with Crippen LogP contribution in [0.4, 0.5) is 5.69 Å². The maximum Gasteiger partial charge on any atom is 0.394 e. The van der Waals surface area contributed by atoms with Crippen molar-refractivity contribution in [3.8, 4) is 0 Å². The van der Waals surface area contributed by atoms with Gasteiger partial charge in [0.25, 0.3) is 17.6 Å². The fourth-order valence-corrected chi connectivity index (χ4v) is 4.29. The van der Waals surface area contributed by atoms with Gasteiger partial charge in [0.15, 0.2) is 0 Å². The number of H-pyrrole nitrogens is 1. The molecular weight excluding hydrogens is 452 g/mol. The number of aliphatic carboxylic acids is 1. The minimum atomic E-state index is -1.64. The topological polar surface area (TPSA) is 140 Å². The number of aromatic amines is 1. The summed E-state index contributed by atoms with van der Waals surface area (Å²) in [5.74, 6) is -4.38. The number of hydrogen-bond acceptors (Lipinski definition) is 5. The quantitative estimate of drug-likeness (QED) is 0.381. The van der Waals surface area contributed by atoms with E-state index in [1.165, 1.54) is 17.2 Å². The Balaban J connectivity index is 1.52. The lowest BCUT2D eigenvalue weighted by Gasteiger charge is -2.40. The van der Waals surface area contributed by atoms with Gasteiger partial charge in [0.2, 0.25) is 0 Å². The van der Waals surface area contributed by atoms with E-state index in [2.05, 4.69) is 10.3 Å². The van der Waals surface area contributed by atoms with Gasteiger partial charge in [-0.05, 0) is 24.6 Å². The number of benzene rings is 2. The highest BCUT2D eigenvalue weighted by Gasteiger charge is 2.35. The number of Topliss-reactive ketones (excluding diaryl/α,β-unsaturated/α-hetero) is 1. The van der Waals surface area contributed by atoms with E-state index < -0.39 is 23.6 Å². The van der Waals surface area contributed by atoms with E-state index in [4.69, 9.17) is 5.11 Å². The lowest BCUT2D eigenvalue weighted by Crippen LogP contribution is -2.57. The van der Waals surface area contributed by atoms with E-state index in [9.17, 15) is 24.0 Å². The number of anilines is 1. The Labute approximate surface area is 200 Å². The molecule has 0 aliphatic carbocycles. The maximum absolute atomic E-state index is 13.2. The molecule has 1 saturated heterocycles. The van der Waals surface area contributed by atoms with Gasteiger partial charge in [-0.2, -0.15) is 0 Å². The lowest BCUT2D eigenvalue weighted by molar-refractivity contribution is -0.147. The molecule has 10 nitrogen and oxygen atoms in total. The number of hydrogen-bond donors (Lipinski definition) is 3. The number of ketones is 1. The van der Waals surface area contributed by atoms with Crippen LogP contribution in [-0.4, -0.2) is 75.0 Å². The highest BCUT2D eigenvalue weighted by Crippen LogP contribution is 2.27. The number of piperazine rings is 1. The van der Waals surface area contributed by atoms with E-state index in [0.717, 1.165) is 0 Å². The smallest absolute Gasteiger partial charge is 0.394 e. The Kier molecular flexibility index (Phi) is 6.63. The van der Waals surface area contributed by atoms with Gasteiger partial charge in [-0.3, -0.25) is 19.2 Å². The molecular formula is C25H24N4O6. The molecule has 0 radical (unpaired) electrons. The van der Waals surface area contributed by atoms with Crippen molar-refractivity contribution >= 4 is 46.1 Å². The Hall–Kier alpha value is -4.47. The van der Waals surface area contributed by atoms with E-state index in [1.807, 2.05) is 13.0 Å².